The minimum Gasteiger partial charge on any atom is -0.496 e. The molecule has 2 rings (SSSR count). The van der Waals surface area contributed by atoms with Gasteiger partial charge in [0.25, 0.3) is 0 Å². The first-order valence-electron chi connectivity index (χ1n) is 6.44. The summed E-state index contributed by atoms with van der Waals surface area (Å²) in [5.74, 6) is 1.41. The molecule has 0 amide bonds. The fourth-order valence-corrected chi connectivity index (χ4v) is 2.02. The van der Waals surface area contributed by atoms with Gasteiger partial charge in [-0.25, -0.2) is 4.98 Å². The van der Waals surface area contributed by atoms with E-state index in [1.54, 1.807) is 13.4 Å². The fraction of sp³-hybridized carbons (Fsp3) is 0.312. The van der Waals surface area contributed by atoms with Crippen LogP contribution in [0.3, 0.4) is 0 Å². The quantitative estimate of drug-likeness (QED) is 0.833. The zero-order valence-electron chi connectivity index (χ0n) is 11.9. The van der Waals surface area contributed by atoms with Crippen molar-refractivity contribution in [3.05, 3.63) is 47.5 Å². The van der Waals surface area contributed by atoms with Gasteiger partial charge in [-0.15, -0.1) is 0 Å². The van der Waals surface area contributed by atoms with Crippen molar-refractivity contribution in [2.75, 3.05) is 7.11 Å². The van der Waals surface area contributed by atoms with Crippen molar-refractivity contribution < 1.29 is 4.74 Å². The number of aryl methyl sites for hydroxylation is 1. The van der Waals surface area contributed by atoms with E-state index in [4.69, 9.17) is 4.74 Å². The van der Waals surface area contributed by atoms with Gasteiger partial charge in [0.1, 0.15) is 5.75 Å². The molecule has 0 aliphatic carbocycles. The zero-order valence-corrected chi connectivity index (χ0v) is 11.9. The lowest BCUT2D eigenvalue weighted by Crippen LogP contribution is -1.94. The summed E-state index contributed by atoms with van der Waals surface area (Å²) < 4.78 is 7.44. The molecule has 19 heavy (non-hydrogen) atoms. The molecule has 0 aliphatic heterocycles. The first-order chi connectivity index (χ1) is 9.11. The van der Waals surface area contributed by atoms with Gasteiger partial charge in [0.15, 0.2) is 0 Å². The van der Waals surface area contributed by atoms with Gasteiger partial charge < -0.3 is 9.30 Å². The highest BCUT2D eigenvalue weighted by Gasteiger charge is 2.06. The Morgan fingerprint density at radius 1 is 1.26 bits per heavy atom. The van der Waals surface area contributed by atoms with Gasteiger partial charge in [0.05, 0.1) is 25.3 Å². The van der Waals surface area contributed by atoms with Crippen molar-refractivity contribution in [2.45, 2.75) is 19.8 Å². The number of aromatic nitrogens is 2. The number of hydrogen-bond donors (Lipinski definition) is 0. The third-order valence-corrected chi connectivity index (χ3v) is 3.18. The number of imidazole rings is 1. The van der Waals surface area contributed by atoms with E-state index in [9.17, 15) is 0 Å². The molecule has 0 saturated heterocycles. The van der Waals surface area contributed by atoms with Crippen molar-refractivity contribution in [1.29, 1.82) is 0 Å². The fourth-order valence-electron chi connectivity index (χ4n) is 2.02. The molecule has 0 radical (unpaired) electrons. The van der Waals surface area contributed by atoms with E-state index in [-0.39, 0.29) is 0 Å². The molecule has 0 N–H and O–H groups in total. The van der Waals surface area contributed by atoms with Gasteiger partial charge in [0.2, 0.25) is 0 Å². The Balaban J connectivity index is 2.27. The second kappa shape index (κ2) is 5.74. The maximum absolute atomic E-state index is 5.46. The first kappa shape index (κ1) is 13.4. The highest BCUT2D eigenvalue weighted by atomic mass is 16.5. The molecule has 0 atom stereocenters. The predicted molar refractivity (Wildman–Crippen MR) is 79.2 cm³/mol. The van der Waals surface area contributed by atoms with Crippen LogP contribution in [0.25, 0.3) is 12.2 Å². The van der Waals surface area contributed by atoms with Crippen molar-refractivity contribution in [3.8, 4) is 5.75 Å². The summed E-state index contributed by atoms with van der Waals surface area (Å²) >= 11 is 0. The van der Waals surface area contributed by atoms with Crippen LogP contribution in [-0.2, 0) is 7.05 Å². The molecule has 3 nitrogen and oxygen atoms in total. The summed E-state index contributed by atoms with van der Waals surface area (Å²) in [7, 11) is 3.70. The molecule has 0 unspecified atom stereocenters. The van der Waals surface area contributed by atoms with Crippen molar-refractivity contribution >= 4 is 12.2 Å². The highest BCUT2D eigenvalue weighted by molar-refractivity contribution is 5.69. The molecule has 3 heteroatoms. The summed E-state index contributed by atoms with van der Waals surface area (Å²) in [6.07, 6.45) is 7.76. The normalized spacial score (nSPS) is 11.4. The first-order valence-corrected chi connectivity index (χ1v) is 6.44. The van der Waals surface area contributed by atoms with E-state index in [2.05, 4.69) is 49.2 Å². The van der Waals surface area contributed by atoms with Crippen LogP contribution in [0.2, 0.25) is 0 Å². The van der Waals surface area contributed by atoms with Crippen LogP contribution in [0.15, 0.2) is 30.7 Å². The average molecular weight is 256 g/mol. The third kappa shape index (κ3) is 3.05. The van der Waals surface area contributed by atoms with E-state index < -0.39 is 0 Å². The molecular weight excluding hydrogens is 236 g/mol. The molecule has 1 heterocycles. The molecular formula is C16H20N2O. The second-order valence-corrected chi connectivity index (χ2v) is 4.92. The molecule has 0 saturated carbocycles. The molecule has 0 spiro atoms. The Morgan fingerprint density at radius 3 is 2.63 bits per heavy atom. The van der Waals surface area contributed by atoms with E-state index in [1.165, 1.54) is 5.56 Å². The third-order valence-electron chi connectivity index (χ3n) is 3.18. The van der Waals surface area contributed by atoms with Crippen molar-refractivity contribution in [2.24, 2.45) is 7.05 Å². The topological polar surface area (TPSA) is 27.1 Å². The van der Waals surface area contributed by atoms with E-state index in [1.807, 2.05) is 17.8 Å². The van der Waals surface area contributed by atoms with Gasteiger partial charge in [-0.05, 0) is 29.2 Å². The number of benzene rings is 1. The standard InChI is InChI=1S/C16H20N2O/c1-12(2)15-8-6-13(9-16(15)19-4)5-7-14-10-17-11-18(14)3/h5-12H,1-4H3/b7-5+. The predicted octanol–water partition coefficient (Wildman–Crippen LogP) is 3.72. The molecule has 0 aliphatic rings. The van der Waals surface area contributed by atoms with Crippen molar-refractivity contribution in [3.63, 3.8) is 0 Å². The number of methoxy groups -OCH3 is 1. The Labute approximate surface area is 114 Å². The molecule has 2 aromatic rings. The van der Waals surface area contributed by atoms with Crippen LogP contribution >= 0.6 is 0 Å². The van der Waals surface area contributed by atoms with Gasteiger partial charge in [-0.3, -0.25) is 0 Å². The molecule has 0 fully saturated rings. The van der Waals surface area contributed by atoms with Crippen LogP contribution in [0.5, 0.6) is 5.75 Å². The largest absolute Gasteiger partial charge is 0.496 e. The van der Waals surface area contributed by atoms with E-state index >= 15 is 0 Å². The minimum absolute atomic E-state index is 0.463. The monoisotopic (exact) mass is 256 g/mol. The average Bonchev–Trinajstić information content (AvgIpc) is 2.81. The lowest BCUT2D eigenvalue weighted by molar-refractivity contribution is 0.407. The molecule has 1 aromatic carbocycles. The van der Waals surface area contributed by atoms with E-state index in [0.29, 0.717) is 5.92 Å². The molecule has 100 valence electrons. The van der Waals surface area contributed by atoms with Crippen LogP contribution < -0.4 is 4.74 Å². The summed E-state index contributed by atoms with van der Waals surface area (Å²) in [5, 5.41) is 0. The van der Waals surface area contributed by atoms with Crippen molar-refractivity contribution in [1.82, 2.24) is 9.55 Å². The number of rotatable bonds is 4. The van der Waals surface area contributed by atoms with Gasteiger partial charge in [-0.1, -0.05) is 32.1 Å². The molecule has 0 bridgehead atoms. The van der Waals surface area contributed by atoms with Gasteiger partial charge in [-0.2, -0.15) is 0 Å². The summed E-state index contributed by atoms with van der Waals surface area (Å²) in [6, 6.07) is 6.32. The summed E-state index contributed by atoms with van der Waals surface area (Å²) in [5.41, 5.74) is 3.44. The van der Waals surface area contributed by atoms with Gasteiger partial charge in [0, 0.05) is 7.05 Å². The number of ether oxygens (including phenoxy) is 1. The summed E-state index contributed by atoms with van der Waals surface area (Å²) in [6.45, 7) is 4.34. The highest BCUT2D eigenvalue weighted by Crippen LogP contribution is 2.27. The van der Waals surface area contributed by atoms with E-state index in [0.717, 1.165) is 17.0 Å². The Bertz CT molecular complexity index is 582. The maximum Gasteiger partial charge on any atom is 0.122 e. The Kier molecular flexibility index (Phi) is 4.05. The Hall–Kier alpha value is -2.03. The molecule has 1 aromatic heterocycles. The van der Waals surface area contributed by atoms with Crippen LogP contribution in [0.1, 0.15) is 36.6 Å². The second-order valence-electron chi connectivity index (χ2n) is 4.92. The number of hydrogen-bond acceptors (Lipinski definition) is 2. The zero-order chi connectivity index (χ0) is 13.8. The van der Waals surface area contributed by atoms with Crippen LogP contribution in [0.4, 0.5) is 0 Å². The lowest BCUT2D eigenvalue weighted by atomic mass is 10.00. The SMILES string of the molecule is COc1cc(/C=C/c2cncn2C)ccc1C(C)C. The van der Waals surface area contributed by atoms with Crippen LogP contribution in [0, 0.1) is 0 Å². The smallest absolute Gasteiger partial charge is 0.122 e. The Morgan fingerprint density at radius 2 is 2.05 bits per heavy atom. The maximum atomic E-state index is 5.46. The summed E-state index contributed by atoms with van der Waals surface area (Å²) in [4.78, 5) is 4.09. The van der Waals surface area contributed by atoms with Crippen LogP contribution in [-0.4, -0.2) is 16.7 Å². The number of nitrogens with zero attached hydrogens (tertiary/aromatic N) is 2. The minimum atomic E-state index is 0.463. The lowest BCUT2D eigenvalue weighted by Gasteiger charge is -2.12. The van der Waals surface area contributed by atoms with Gasteiger partial charge >= 0.3 is 0 Å².